The Morgan fingerprint density at radius 2 is 1.64 bits per heavy atom. The lowest BCUT2D eigenvalue weighted by molar-refractivity contribution is -0.134. The molecule has 8 heteroatoms. The van der Waals surface area contributed by atoms with Crippen LogP contribution < -0.4 is 16.0 Å². The number of imide groups is 1. The highest BCUT2D eigenvalue weighted by molar-refractivity contribution is 6.10. The van der Waals surface area contributed by atoms with Crippen molar-refractivity contribution in [3.63, 3.8) is 0 Å². The van der Waals surface area contributed by atoms with Gasteiger partial charge in [0.2, 0.25) is 5.91 Å². The number of benzene rings is 1. The summed E-state index contributed by atoms with van der Waals surface area (Å²) < 4.78 is 0. The Kier molecular flexibility index (Phi) is 5.96. The highest BCUT2D eigenvalue weighted by Gasteiger charge is 2.50. The summed E-state index contributed by atoms with van der Waals surface area (Å²) in [7, 11) is 1.54. The molecule has 1 saturated heterocycles. The fraction of sp³-hybridized carbons (Fsp3) is 0.500. The van der Waals surface area contributed by atoms with Crippen LogP contribution in [0, 0.1) is 0 Å². The second-order valence-corrected chi connectivity index (χ2v) is 7.38. The number of hydrogen-bond donors (Lipinski definition) is 3. The van der Waals surface area contributed by atoms with E-state index < -0.39 is 17.5 Å². The lowest BCUT2D eigenvalue weighted by Crippen LogP contribution is -2.47. The van der Waals surface area contributed by atoms with Crippen LogP contribution in [0.2, 0.25) is 0 Å². The Morgan fingerprint density at radius 1 is 1.04 bits per heavy atom. The molecule has 1 aromatic rings. The third-order valence-electron chi connectivity index (χ3n) is 5.41. The van der Waals surface area contributed by atoms with Crippen LogP contribution in [0.3, 0.4) is 0 Å². The SMILES string of the molecule is CNC(=O)c1ccc(NC(=O)CN2C(=O)NC3(CCCCCCC3)C2=O)cc1. The Hall–Kier alpha value is -2.90. The zero-order chi connectivity index (χ0) is 20.1. The van der Waals surface area contributed by atoms with Gasteiger partial charge >= 0.3 is 6.03 Å². The number of carbonyl (C=O) groups excluding carboxylic acids is 4. The van der Waals surface area contributed by atoms with Crippen LogP contribution in [-0.4, -0.2) is 47.8 Å². The molecule has 0 radical (unpaired) electrons. The van der Waals surface area contributed by atoms with Crippen LogP contribution in [0.25, 0.3) is 0 Å². The van der Waals surface area contributed by atoms with Crippen LogP contribution in [0.15, 0.2) is 24.3 Å². The van der Waals surface area contributed by atoms with Gasteiger partial charge in [0.25, 0.3) is 11.8 Å². The molecule has 3 N–H and O–H groups in total. The molecule has 1 aliphatic heterocycles. The van der Waals surface area contributed by atoms with Crippen molar-refractivity contribution in [2.24, 2.45) is 0 Å². The van der Waals surface area contributed by atoms with E-state index in [0.717, 1.165) is 37.0 Å². The lowest BCUT2D eigenvalue weighted by atomic mass is 9.84. The number of urea groups is 1. The topological polar surface area (TPSA) is 108 Å². The molecule has 1 spiro atoms. The summed E-state index contributed by atoms with van der Waals surface area (Å²) in [4.78, 5) is 50.2. The monoisotopic (exact) mass is 386 g/mol. The molecule has 3 rings (SSSR count). The number of rotatable bonds is 4. The molecule has 150 valence electrons. The van der Waals surface area contributed by atoms with E-state index in [0.29, 0.717) is 24.1 Å². The largest absolute Gasteiger partial charge is 0.355 e. The summed E-state index contributed by atoms with van der Waals surface area (Å²) in [6, 6.07) is 5.88. The zero-order valence-electron chi connectivity index (χ0n) is 16.0. The van der Waals surface area contributed by atoms with Crippen LogP contribution in [-0.2, 0) is 9.59 Å². The van der Waals surface area contributed by atoms with Gasteiger partial charge in [-0.3, -0.25) is 19.3 Å². The number of amides is 5. The lowest BCUT2D eigenvalue weighted by Gasteiger charge is -2.28. The number of nitrogens with one attached hydrogen (secondary N) is 3. The maximum absolute atomic E-state index is 12.9. The van der Waals surface area contributed by atoms with Crippen LogP contribution in [0.4, 0.5) is 10.5 Å². The smallest absolute Gasteiger partial charge is 0.325 e. The van der Waals surface area contributed by atoms with Crippen LogP contribution >= 0.6 is 0 Å². The molecule has 2 fully saturated rings. The molecule has 2 aliphatic rings. The van der Waals surface area contributed by atoms with Gasteiger partial charge in [0.1, 0.15) is 12.1 Å². The third-order valence-corrected chi connectivity index (χ3v) is 5.41. The zero-order valence-corrected chi connectivity index (χ0v) is 16.0. The fourth-order valence-electron chi connectivity index (χ4n) is 3.86. The van der Waals surface area contributed by atoms with Crippen molar-refractivity contribution in [1.82, 2.24) is 15.5 Å². The minimum atomic E-state index is -0.854. The molecule has 1 aliphatic carbocycles. The van der Waals surface area contributed by atoms with Crippen molar-refractivity contribution in [2.45, 2.75) is 50.5 Å². The van der Waals surface area contributed by atoms with E-state index in [9.17, 15) is 19.2 Å². The van der Waals surface area contributed by atoms with E-state index in [1.165, 1.54) is 0 Å². The highest BCUT2D eigenvalue weighted by Crippen LogP contribution is 2.32. The second kappa shape index (κ2) is 8.41. The van der Waals surface area contributed by atoms with E-state index in [4.69, 9.17) is 0 Å². The Balaban J connectivity index is 1.62. The van der Waals surface area contributed by atoms with Crippen molar-refractivity contribution in [3.05, 3.63) is 29.8 Å². The average molecular weight is 386 g/mol. The van der Waals surface area contributed by atoms with E-state index in [1.807, 2.05) is 0 Å². The molecular weight excluding hydrogens is 360 g/mol. The van der Waals surface area contributed by atoms with Gasteiger partial charge in [-0.1, -0.05) is 32.1 Å². The molecule has 0 aromatic heterocycles. The predicted molar refractivity (Wildman–Crippen MR) is 104 cm³/mol. The molecule has 1 aromatic carbocycles. The molecule has 28 heavy (non-hydrogen) atoms. The quantitative estimate of drug-likeness (QED) is 0.688. The standard InChI is InChI=1S/C20H26N4O4/c1-21-17(26)14-7-9-15(10-8-14)22-16(25)13-24-18(27)20(23-19(24)28)11-5-3-2-4-6-12-20/h7-10H,2-6,11-13H2,1H3,(H,21,26)(H,22,25)(H,23,28). The van der Waals surface area contributed by atoms with Crippen molar-refractivity contribution in [2.75, 3.05) is 18.9 Å². The maximum Gasteiger partial charge on any atom is 0.325 e. The summed E-state index contributed by atoms with van der Waals surface area (Å²) in [5, 5.41) is 8.03. The predicted octanol–water partition coefficient (Wildman–Crippen LogP) is 2.02. The number of nitrogens with zero attached hydrogens (tertiary/aromatic N) is 1. The average Bonchev–Trinajstić information content (AvgIpc) is 2.89. The van der Waals surface area contributed by atoms with Crippen molar-refractivity contribution >= 4 is 29.4 Å². The van der Waals surface area contributed by atoms with E-state index in [2.05, 4.69) is 16.0 Å². The minimum absolute atomic E-state index is 0.221. The van der Waals surface area contributed by atoms with Gasteiger partial charge in [-0.05, 0) is 37.1 Å². The van der Waals surface area contributed by atoms with Crippen molar-refractivity contribution < 1.29 is 19.2 Å². The molecule has 0 atom stereocenters. The van der Waals surface area contributed by atoms with Crippen molar-refractivity contribution in [1.29, 1.82) is 0 Å². The van der Waals surface area contributed by atoms with E-state index in [-0.39, 0.29) is 18.4 Å². The number of carbonyl (C=O) groups is 4. The normalized spacial score (nSPS) is 19.0. The summed E-state index contributed by atoms with van der Waals surface area (Å²) in [6.07, 6.45) is 6.29. The third kappa shape index (κ3) is 4.16. The van der Waals surface area contributed by atoms with Gasteiger partial charge in [0.05, 0.1) is 0 Å². The number of hydrogen-bond acceptors (Lipinski definition) is 4. The molecular formula is C20H26N4O4. The summed E-state index contributed by atoms with van der Waals surface area (Å²) >= 11 is 0. The van der Waals surface area contributed by atoms with Crippen LogP contribution in [0.1, 0.15) is 55.3 Å². The van der Waals surface area contributed by atoms with Gasteiger partial charge in [-0.2, -0.15) is 0 Å². The number of anilines is 1. The van der Waals surface area contributed by atoms with Gasteiger partial charge in [0, 0.05) is 18.3 Å². The Bertz CT molecular complexity index is 767. The minimum Gasteiger partial charge on any atom is -0.355 e. The first-order valence-electron chi connectivity index (χ1n) is 9.71. The Labute approximate surface area is 164 Å². The molecule has 1 saturated carbocycles. The maximum atomic E-state index is 12.9. The Morgan fingerprint density at radius 3 is 2.25 bits per heavy atom. The van der Waals surface area contributed by atoms with E-state index in [1.54, 1.807) is 31.3 Å². The first-order valence-corrected chi connectivity index (χ1v) is 9.71. The second-order valence-electron chi connectivity index (χ2n) is 7.38. The summed E-state index contributed by atoms with van der Waals surface area (Å²) in [6.45, 7) is -0.330. The first kappa shape index (κ1) is 19.9. The molecule has 1 heterocycles. The van der Waals surface area contributed by atoms with Gasteiger partial charge < -0.3 is 16.0 Å². The van der Waals surface area contributed by atoms with E-state index >= 15 is 0 Å². The molecule has 0 bridgehead atoms. The molecule has 8 nitrogen and oxygen atoms in total. The summed E-state index contributed by atoms with van der Waals surface area (Å²) in [5.74, 6) is -0.981. The molecule has 5 amide bonds. The molecule has 0 unspecified atom stereocenters. The first-order chi connectivity index (χ1) is 13.4. The summed E-state index contributed by atoms with van der Waals surface area (Å²) in [5.41, 5.74) is 0.110. The fourth-order valence-corrected chi connectivity index (χ4v) is 3.86. The van der Waals surface area contributed by atoms with Crippen molar-refractivity contribution in [3.8, 4) is 0 Å². The van der Waals surface area contributed by atoms with Gasteiger partial charge in [-0.15, -0.1) is 0 Å². The van der Waals surface area contributed by atoms with Gasteiger partial charge in [0.15, 0.2) is 0 Å². The van der Waals surface area contributed by atoms with Gasteiger partial charge in [-0.25, -0.2) is 4.79 Å². The van der Waals surface area contributed by atoms with Crippen LogP contribution in [0.5, 0.6) is 0 Å². The highest BCUT2D eigenvalue weighted by atomic mass is 16.2.